The number of hydrogen-bond donors (Lipinski definition) is 0. The molecule has 1 aliphatic heterocycles. The van der Waals surface area contributed by atoms with Gasteiger partial charge in [0.1, 0.15) is 5.82 Å². The molecule has 0 bridgehead atoms. The lowest BCUT2D eigenvalue weighted by molar-refractivity contribution is 0.212. The largest absolute Gasteiger partial charge is 0.330 e. The Hall–Kier alpha value is -1.98. The second kappa shape index (κ2) is 5.91. The highest BCUT2D eigenvalue weighted by atomic mass is 32.1. The van der Waals surface area contributed by atoms with Crippen molar-refractivity contribution in [3.8, 4) is 10.4 Å². The summed E-state index contributed by atoms with van der Waals surface area (Å²) in [4.78, 5) is 12.5. The van der Waals surface area contributed by atoms with Crippen molar-refractivity contribution in [1.29, 1.82) is 0 Å². The van der Waals surface area contributed by atoms with E-state index in [1.165, 1.54) is 21.7 Å². The number of benzene rings is 1. The molecule has 0 spiro atoms. The van der Waals surface area contributed by atoms with E-state index in [4.69, 9.17) is 0 Å². The van der Waals surface area contributed by atoms with E-state index in [0.29, 0.717) is 0 Å². The highest BCUT2D eigenvalue weighted by molar-refractivity contribution is 7.13. The zero-order chi connectivity index (χ0) is 15.8. The maximum absolute atomic E-state index is 4.42. The summed E-state index contributed by atoms with van der Waals surface area (Å²) in [5, 5.41) is 0. The number of nitrogens with zero attached hydrogens (tertiary/aromatic N) is 4. The normalized spacial score (nSPS) is 14.9. The van der Waals surface area contributed by atoms with Gasteiger partial charge in [-0.05, 0) is 25.0 Å². The molecule has 118 valence electrons. The summed E-state index contributed by atoms with van der Waals surface area (Å²) in [6.45, 7) is 8.25. The minimum atomic E-state index is 0.983. The van der Waals surface area contributed by atoms with Crippen molar-refractivity contribution < 1.29 is 0 Å². The van der Waals surface area contributed by atoms with Gasteiger partial charge < -0.3 is 4.57 Å². The number of imidazole rings is 1. The van der Waals surface area contributed by atoms with Crippen molar-refractivity contribution in [2.45, 2.75) is 33.5 Å². The van der Waals surface area contributed by atoms with Crippen molar-refractivity contribution >= 4 is 11.3 Å². The smallest absolute Gasteiger partial charge is 0.105 e. The minimum Gasteiger partial charge on any atom is -0.330 e. The summed E-state index contributed by atoms with van der Waals surface area (Å²) in [5.41, 5.74) is 6.98. The Labute approximate surface area is 140 Å². The lowest BCUT2D eigenvalue weighted by Crippen LogP contribution is -2.33. The SMILES string of the molecule is Cc1ncsc1-c1ccc(CN2CCn3c(cnc3C)C2)cc1. The van der Waals surface area contributed by atoms with Gasteiger partial charge in [0.05, 0.1) is 21.8 Å². The van der Waals surface area contributed by atoms with E-state index < -0.39 is 0 Å². The van der Waals surface area contributed by atoms with Gasteiger partial charge in [-0.15, -0.1) is 11.3 Å². The van der Waals surface area contributed by atoms with Crippen molar-refractivity contribution in [3.63, 3.8) is 0 Å². The molecule has 3 heterocycles. The van der Waals surface area contributed by atoms with Crippen molar-refractivity contribution in [1.82, 2.24) is 19.4 Å². The van der Waals surface area contributed by atoms with Crippen LogP contribution in [0, 0.1) is 13.8 Å². The Morgan fingerprint density at radius 2 is 1.91 bits per heavy atom. The van der Waals surface area contributed by atoms with Crippen LogP contribution in [-0.4, -0.2) is 26.0 Å². The first-order chi connectivity index (χ1) is 11.2. The van der Waals surface area contributed by atoms with E-state index in [0.717, 1.165) is 37.7 Å². The van der Waals surface area contributed by atoms with Gasteiger partial charge in [0.25, 0.3) is 0 Å². The van der Waals surface area contributed by atoms with Crippen LogP contribution in [0.2, 0.25) is 0 Å². The van der Waals surface area contributed by atoms with Crippen LogP contribution >= 0.6 is 11.3 Å². The highest BCUT2D eigenvalue weighted by Crippen LogP contribution is 2.27. The van der Waals surface area contributed by atoms with Gasteiger partial charge in [-0.25, -0.2) is 9.97 Å². The second-order valence-corrected chi connectivity index (χ2v) is 6.98. The molecule has 0 fully saturated rings. The quantitative estimate of drug-likeness (QED) is 0.737. The zero-order valence-electron chi connectivity index (χ0n) is 13.5. The average molecular weight is 324 g/mol. The zero-order valence-corrected chi connectivity index (χ0v) is 14.3. The fourth-order valence-electron chi connectivity index (χ4n) is 3.23. The summed E-state index contributed by atoms with van der Waals surface area (Å²) in [5.74, 6) is 1.13. The van der Waals surface area contributed by atoms with Crippen molar-refractivity contribution in [3.05, 3.63) is 58.7 Å². The van der Waals surface area contributed by atoms with E-state index in [9.17, 15) is 0 Å². The predicted molar refractivity (Wildman–Crippen MR) is 93.4 cm³/mol. The molecule has 1 aliphatic rings. The molecule has 0 unspecified atom stereocenters. The van der Waals surface area contributed by atoms with Crippen LogP contribution in [0.4, 0.5) is 0 Å². The molecule has 0 saturated carbocycles. The summed E-state index contributed by atoms with van der Waals surface area (Å²) >= 11 is 1.71. The Morgan fingerprint density at radius 1 is 1.09 bits per heavy atom. The van der Waals surface area contributed by atoms with Crippen LogP contribution in [-0.2, 0) is 19.6 Å². The maximum atomic E-state index is 4.42. The third-order valence-corrected chi connectivity index (χ3v) is 5.51. The van der Waals surface area contributed by atoms with Gasteiger partial charge in [0.2, 0.25) is 0 Å². The van der Waals surface area contributed by atoms with Crippen molar-refractivity contribution in [2.24, 2.45) is 0 Å². The van der Waals surface area contributed by atoms with Crippen LogP contribution in [0.15, 0.2) is 36.0 Å². The minimum absolute atomic E-state index is 0.983. The number of thiazole rings is 1. The van der Waals surface area contributed by atoms with Crippen LogP contribution < -0.4 is 0 Å². The van der Waals surface area contributed by atoms with Gasteiger partial charge >= 0.3 is 0 Å². The first-order valence-electron chi connectivity index (χ1n) is 7.93. The second-order valence-electron chi connectivity index (χ2n) is 6.12. The number of aryl methyl sites for hydroxylation is 2. The molecule has 1 aromatic carbocycles. The van der Waals surface area contributed by atoms with E-state index >= 15 is 0 Å². The third kappa shape index (κ3) is 2.82. The molecule has 23 heavy (non-hydrogen) atoms. The number of rotatable bonds is 3. The van der Waals surface area contributed by atoms with Gasteiger partial charge in [-0.1, -0.05) is 24.3 Å². The first-order valence-corrected chi connectivity index (χ1v) is 8.81. The highest BCUT2D eigenvalue weighted by Gasteiger charge is 2.18. The summed E-state index contributed by atoms with van der Waals surface area (Å²) in [7, 11) is 0. The number of hydrogen-bond acceptors (Lipinski definition) is 4. The summed E-state index contributed by atoms with van der Waals surface area (Å²) < 4.78 is 2.33. The first kappa shape index (κ1) is 14.6. The Kier molecular flexibility index (Phi) is 3.75. The van der Waals surface area contributed by atoms with Gasteiger partial charge in [0, 0.05) is 32.4 Å². The Balaban J connectivity index is 1.47. The lowest BCUT2D eigenvalue weighted by atomic mass is 10.1. The number of aromatic nitrogens is 3. The van der Waals surface area contributed by atoms with E-state index in [1.54, 1.807) is 11.3 Å². The fourth-order valence-corrected chi connectivity index (χ4v) is 4.04. The molecule has 3 aromatic rings. The maximum Gasteiger partial charge on any atom is 0.105 e. The van der Waals surface area contributed by atoms with Crippen molar-refractivity contribution in [2.75, 3.05) is 6.54 Å². The fraction of sp³-hybridized carbons (Fsp3) is 0.333. The van der Waals surface area contributed by atoms with E-state index in [-0.39, 0.29) is 0 Å². The molecule has 4 nitrogen and oxygen atoms in total. The van der Waals surface area contributed by atoms with Crippen LogP contribution in [0.25, 0.3) is 10.4 Å². The number of fused-ring (bicyclic) bond motifs is 1. The summed E-state index contributed by atoms with van der Waals surface area (Å²) in [6.07, 6.45) is 2.01. The molecular formula is C18H20N4S. The third-order valence-electron chi connectivity index (χ3n) is 4.53. The van der Waals surface area contributed by atoms with Crippen LogP contribution in [0.3, 0.4) is 0 Å². The van der Waals surface area contributed by atoms with E-state index in [2.05, 4.69) is 57.5 Å². The average Bonchev–Trinajstić information content (AvgIpc) is 3.15. The summed E-state index contributed by atoms with van der Waals surface area (Å²) in [6, 6.07) is 8.92. The lowest BCUT2D eigenvalue weighted by Gasteiger charge is -2.28. The molecule has 5 heteroatoms. The van der Waals surface area contributed by atoms with Gasteiger partial charge in [-0.2, -0.15) is 0 Å². The molecule has 0 aliphatic carbocycles. The van der Waals surface area contributed by atoms with E-state index in [1.807, 2.05) is 11.7 Å². The van der Waals surface area contributed by atoms with Gasteiger partial charge in [0.15, 0.2) is 0 Å². The standard InChI is InChI=1S/C18H20N4S/c1-13-18(23-12-20-13)16-5-3-15(4-6-16)10-21-7-8-22-14(2)19-9-17(22)11-21/h3-6,9,12H,7-8,10-11H2,1-2H3. The van der Waals surface area contributed by atoms with Crippen LogP contribution in [0.5, 0.6) is 0 Å². The molecule has 0 amide bonds. The Morgan fingerprint density at radius 3 is 2.65 bits per heavy atom. The molecule has 0 N–H and O–H groups in total. The molecular weight excluding hydrogens is 304 g/mol. The monoisotopic (exact) mass is 324 g/mol. The molecule has 0 saturated heterocycles. The predicted octanol–water partition coefficient (Wildman–Crippen LogP) is 3.64. The Bertz CT molecular complexity index is 816. The molecule has 0 radical (unpaired) electrons. The topological polar surface area (TPSA) is 34.0 Å². The molecule has 2 aromatic heterocycles. The van der Waals surface area contributed by atoms with Crippen LogP contribution in [0.1, 0.15) is 22.8 Å². The molecule has 0 atom stereocenters. The molecule has 4 rings (SSSR count). The van der Waals surface area contributed by atoms with Gasteiger partial charge in [-0.3, -0.25) is 4.90 Å².